The van der Waals surface area contributed by atoms with Gasteiger partial charge in [-0.25, -0.2) is 14.6 Å². The molecular weight excluding hydrogens is 562 g/mol. The lowest BCUT2D eigenvalue weighted by Crippen LogP contribution is -2.45. The van der Waals surface area contributed by atoms with Crippen molar-refractivity contribution in [3.63, 3.8) is 0 Å². The van der Waals surface area contributed by atoms with Gasteiger partial charge >= 0.3 is 18.0 Å². The second-order valence-electron chi connectivity index (χ2n) is 13.9. The first-order chi connectivity index (χ1) is 20.9. The summed E-state index contributed by atoms with van der Waals surface area (Å²) in [4.78, 5) is 61.6. The number of hydrogen-bond donors (Lipinski definition) is 0. The highest BCUT2D eigenvalue weighted by Crippen LogP contribution is 2.52. The summed E-state index contributed by atoms with van der Waals surface area (Å²) in [6.45, 7) is 8.52. The maximum absolute atomic E-state index is 14.2. The first kappa shape index (κ1) is 30.3. The van der Waals surface area contributed by atoms with Gasteiger partial charge in [0, 0.05) is 31.3 Å². The van der Waals surface area contributed by atoms with Crippen molar-refractivity contribution in [1.29, 1.82) is 0 Å². The minimum absolute atomic E-state index is 0.0167. The van der Waals surface area contributed by atoms with E-state index in [2.05, 4.69) is 12.2 Å². The number of carbonyl (C=O) groups is 4. The summed E-state index contributed by atoms with van der Waals surface area (Å²) in [6.07, 6.45) is 7.99. The molecule has 236 valence electrons. The maximum atomic E-state index is 14.2. The Balaban J connectivity index is 1.24. The molecule has 0 unspecified atom stereocenters. The Kier molecular flexibility index (Phi) is 8.05. The number of ether oxygens (including phenoxy) is 3. The molecule has 0 radical (unpaired) electrons. The third-order valence-corrected chi connectivity index (χ3v) is 9.39. The zero-order valence-corrected chi connectivity index (χ0v) is 26.2. The van der Waals surface area contributed by atoms with E-state index in [1.165, 1.54) is 0 Å². The molecule has 10 nitrogen and oxygen atoms in total. The number of amides is 2. The molecule has 1 saturated carbocycles. The van der Waals surface area contributed by atoms with Crippen LogP contribution >= 0.6 is 0 Å². The molecule has 4 aliphatic heterocycles. The summed E-state index contributed by atoms with van der Waals surface area (Å²) in [5.74, 6) is -1.48. The van der Waals surface area contributed by atoms with Crippen LogP contribution in [0.1, 0.15) is 88.8 Å². The number of aryl methyl sites for hydroxylation is 1. The third-order valence-electron chi connectivity index (χ3n) is 9.39. The fraction of sp³-hybridized carbons (Fsp3) is 0.618. The molecular formula is C34H43N3O7. The summed E-state index contributed by atoms with van der Waals surface area (Å²) in [5, 5.41) is 0. The predicted octanol–water partition coefficient (Wildman–Crippen LogP) is 5.00. The third kappa shape index (κ3) is 6.13. The fourth-order valence-electron chi connectivity index (χ4n) is 6.98. The Hall–Kier alpha value is -3.69. The molecule has 1 aromatic rings. The van der Waals surface area contributed by atoms with Crippen molar-refractivity contribution in [3.05, 3.63) is 47.0 Å². The largest absolute Gasteiger partial charge is 0.460 e. The standard InChI is InChI=1S/C34H43N3O7/c1-21-11-10-13-23-18-36(20-26(21)23)32(41)42-25-16-27-29-35-34(31(40)43-29)17-24(34)14-9-7-5-6-8-12-22(30(39)37(27)19-25)15-28(38)44-33(2,3)4/h9-11,13-14,22,24-25,27H,5-8,12,15-20H2,1-4H3/b14-9-/t22-,24-,25-,27+,34-/m1/s1. The molecule has 0 N–H and O–H groups in total. The van der Waals surface area contributed by atoms with Crippen LogP contribution in [-0.2, 0) is 41.7 Å². The van der Waals surface area contributed by atoms with Crippen molar-refractivity contribution >= 4 is 29.8 Å². The molecule has 4 heterocycles. The molecule has 2 amide bonds. The lowest BCUT2D eigenvalue weighted by Gasteiger charge is -2.28. The van der Waals surface area contributed by atoms with Crippen LogP contribution in [0.5, 0.6) is 0 Å². The Morgan fingerprint density at radius 2 is 1.95 bits per heavy atom. The van der Waals surface area contributed by atoms with Crippen molar-refractivity contribution < 1.29 is 33.4 Å². The van der Waals surface area contributed by atoms with Gasteiger partial charge in [0.1, 0.15) is 17.7 Å². The van der Waals surface area contributed by atoms with Crippen molar-refractivity contribution in [1.82, 2.24) is 9.80 Å². The number of fused-ring (bicyclic) bond motifs is 3. The number of nitrogens with zero attached hydrogens (tertiary/aromatic N) is 3. The van der Waals surface area contributed by atoms with Gasteiger partial charge in [-0.1, -0.05) is 43.2 Å². The highest BCUT2D eigenvalue weighted by molar-refractivity contribution is 6.05. The minimum atomic E-state index is -0.926. The second kappa shape index (κ2) is 11.7. The smallest absolute Gasteiger partial charge is 0.410 e. The van der Waals surface area contributed by atoms with Crippen LogP contribution in [0.3, 0.4) is 0 Å². The van der Waals surface area contributed by atoms with E-state index in [0.717, 1.165) is 42.4 Å². The summed E-state index contributed by atoms with van der Waals surface area (Å²) in [5.41, 5.74) is 1.78. The molecule has 5 atom stereocenters. The minimum Gasteiger partial charge on any atom is -0.460 e. The fourth-order valence-corrected chi connectivity index (χ4v) is 6.98. The number of aliphatic imine (C=N–C) groups is 1. The lowest BCUT2D eigenvalue weighted by molar-refractivity contribution is -0.158. The quantitative estimate of drug-likeness (QED) is 0.271. The topological polar surface area (TPSA) is 115 Å². The van der Waals surface area contributed by atoms with Gasteiger partial charge in [-0.05, 0) is 70.1 Å². The number of esters is 2. The van der Waals surface area contributed by atoms with Crippen molar-refractivity contribution in [2.24, 2.45) is 16.8 Å². The molecule has 2 bridgehead atoms. The molecule has 5 aliphatic rings. The second-order valence-corrected chi connectivity index (χ2v) is 13.9. The van der Waals surface area contributed by atoms with E-state index in [9.17, 15) is 19.2 Å². The predicted molar refractivity (Wildman–Crippen MR) is 161 cm³/mol. The Morgan fingerprint density at radius 1 is 1.14 bits per heavy atom. The summed E-state index contributed by atoms with van der Waals surface area (Å²) >= 11 is 0. The first-order valence-electron chi connectivity index (χ1n) is 16.0. The highest BCUT2D eigenvalue weighted by atomic mass is 16.6. The van der Waals surface area contributed by atoms with Gasteiger partial charge in [0.15, 0.2) is 5.54 Å². The van der Waals surface area contributed by atoms with E-state index in [-0.39, 0.29) is 37.1 Å². The van der Waals surface area contributed by atoms with E-state index < -0.39 is 47.2 Å². The maximum Gasteiger partial charge on any atom is 0.410 e. The monoisotopic (exact) mass is 605 g/mol. The Labute approximate surface area is 258 Å². The number of rotatable bonds is 3. The zero-order chi connectivity index (χ0) is 31.2. The average Bonchev–Trinajstić information content (AvgIpc) is 3.24. The van der Waals surface area contributed by atoms with Crippen LogP contribution in [0.15, 0.2) is 35.3 Å². The van der Waals surface area contributed by atoms with Gasteiger partial charge in [0.25, 0.3) is 0 Å². The summed E-state index contributed by atoms with van der Waals surface area (Å²) in [6, 6.07) is 5.37. The number of benzene rings is 1. The van der Waals surface area contributed by atoms with Gasteiger partial charge < -0.3 is 19.1 Å². The summed E-state index contributed by atoms with van der Waals surface area (Å²) < 4.78 is 17.4. The van der Waals surface area contributed by atoms with Gasteiger partial charge in [-0.2, -0.15) is 0 Å². The number of carbonyl (C=O) groups excluding carboxylic acids is 4. The molecule has 0 aromatic heterocycles. The SMILES string of the molecule is Cc1cccc2c1CN(C(=O)O[C@@H]1C[C@H]3C4=N[C@@]5(C[C@H]5/C=C\CCCCC[C@H](CC(=O)OC(C)(C)C)C(=O)N3C1)C(=O)O4)C2. The van der Waals surface area contributed by atoms with E-state index in [1.54, 1.807) is 30.6 Å². The van der Waals surface area contributed by atoms with Gasteiger partial charge in [-0.15, -0.1) is 0 Å². The van der Waals surface area contributed by atoms with Crippen LogP contribution in [0, 0.1) is 18.8 Å². The molecule has 1 aromatic carbocycles. The molecule has 6 rings (SSSR count). The van der Waals surface area contributed by atoms with Gasteiger partial charge in [-0.3, -0.25) is 14.5 Å². The van der Waals surface area contributed by atoms with E-state index >= 15 is 0 Å². The van der Waals surface area contributed by atoms with Gasteiger partial charge in [0.05, 0.1) is 13.0 Å². The van der Waals surface area contributed by atoms with Crippen LogP contribution in [0.2, 0.25) is 0 Å². The van der Waals surface area contributed by atoms with Crippen molar-refractivity contribution in [2.45, 2.75) is 115 Å². The first-order valence-corrected chi connectivity index (χ1v) is 16.0. The molecule has 1 aliphatic carbocycles. The highest BCUT2D eigenvalue weighted by Gasteiger charge is 2.65. The van der Waals surface area contributed by atoms with Crippen LogP contribution in [0.25, 0.3) is 0 Å². The Bertz CT molecular complexity index is 1410. The van der Waals surface area contributed by atoms with E-state index in [1.807, 2.05) is 25.1 Å². The molecule has 44 heavy (non-hydrogen) atoms. The van der Waals surface area contributed by atoms with Crippen molar-refractivity contribution in [3.8, 4) is 0 Å². The van der Waals surface area contributed by atoms with E-state index in [4.69, 9.17) is 19.2 Å². The number of allylic oxidation sites excluding steroid dienone is 1. The summed E-state index contributed by atoms with van der Waals surface area (Å²) in [7, 11) is 0. The van der Waals surface area contributed by atoms with Crippen LogP contribution in [0.4, 0.5) is 4.79 Å². The molecule has 1 saturated heterocycles. The van der Waals surface area contributed by atoms with Gasteiger partial charge in [0.2, 0.25) is 11.8 Å². The molecule has 10 heteroatoms. The normalized spacial score (nSPS) is 30.7. The molecule has 1 spiro atoms. The molecule has 2 fully saturated rings. The van der Waals surface area contributed by atoms with Crippen molar-refractivity contribution in [2.75, 3.05) is 6.54 Å². The lowest BCUT2D eigenvalue weighted by atomic mass is 9.95. The van der Waals surface area contributed by atoms with Crippen LogP contribution < -0.4 is 0 Å². The number of hydrogen-bond acceptors (Lipinski definition) is 8. The Morgan fingerprint density at radius 3 is 2.73 bits per heavy atom. The van der Waals surface area contributed by atoms with Crippen LogP contribution in [-0.4, -0.2) is 69.5 Å². The zero-order valence-electron chi connectivity index (χ0n) is 26.2. The average molecular weight is 606 g/mol. The van der Waals surface area contributed by atoms with E-state index in [0.29, 0.717) is 25.9 Å².